The molecule has 0 aliphatic carbocycles. The second kappa shape index (κ2) is 10.2. The van der Waals surface area contributed by atoms with Gasteiger partial charge in [0.25, 0.3) is 11.8 Å². The summed E-state index contributed by atoms with van der Waals surface area (Å²) in [4.78, 5) is 39.7. The van der Waals surface area contributed by atoms with Crippen molar-refractivity contribution in [2.75, 3.05) is 25.0 Å². The fraction of sp³-hybridized carbons (Fsp3) is 0.200. The number of halogens is 1. The first kappa shape index (κ1) is 24.3. The van der Waals surface area contributed by atoms with Crippen molar-refractivity contribution in [2.45, 2.75) is 13.3 Å². The third-order valence-electron chi connectivity index (χ3n) is 5.70. The summed E-state index contributed by atoms with van der Waals surface area (Å²) in [6.45, 7) is 2.88. The van der Waals surface area contributed by atoms with Crippen LogP contribution < -0.4 is 4.90 Å². The van der Waals surface area contributed by atoms with Crippen molar-refractivity contribution in [3.63, 3.8) is 0 Å². The first-order chi connectivity index (χ1) is 16.8. The minimum absolute atomic E-state index is 0.0938. The van der Waals surface area contributed by atoms with Crippen LogP contribution in [0.15, 0.2) is 52.7 Å². The summed E-state index contributed by atoms with van der Waals surface area (Å²) in [6.07, 6.45) is 1.22. The van der Waals surface area contributed by atoms with Crippen LogP contribution in [0.5, 0.6) is 0 Å². The standard InChI is InChI=1S/C25H20ClN5O3S/c1-15-12-16(8-9-20(15)28-29-23-19(13-27)22(26)21(14-32)35-23)30(2)10-5-11-31-24(33)17-6-3-4-7-18(17)25(31)34/h3-4,6-9,12,14H,5,10-11H2,1-2H3/b29-28+. The number of aryl methyl sites for hydroxylation is 1. The van der Waals surface area contributed by atoms with Crippen LogP contribution in [-0.4, -0.2) is 43.1 Å². The van der Waals surface area contributed by atoms with Gasteiger partial charge in [0.1, 0.15) is 11.6 Å². The molecular weight excluding hydrogens is 486 g/mol. The number of fused-ring (bicyclic) bond motifs is 1. The van der Waals surface area contributed by atoms with E-state index in [1.54, 1.807) is 24.3 Å². The highest BCUT2D eigenvalue weighted by molar-refractivity contribution is 7.18. The molecule has 0 saturated heterocycles. The van der Waals surface area contributed by atoms with Gasteiger partial charge >= 0.3 is 0 Å². The molecule has 1 aliphatic rings. The van der Waals surface area contributed by atoms with Gasteiger partial charge in [0.05, 0.1) is 26.7 Å². The molecule has 0 unspecified atom stereocenters. The minimum Gasteiger partial charge on any atom is -0.375 e. The number of anilines is 1. The van der Waals surface area contributed by atoms with Crippen LogP contribution in [0.2, 0.25) is 5.02 Å². The van der Waals surface area contributed by atoms with Crippen molar-refractivity contribution in [2.24, 2.45) is 10.2 Å². The van der Waals surface area contributed by atoms with Gasteiger partial charge in [-0.3, -0.25) is 19.3 Å². The lowest BCUT2D eigenvalue weighted by Crippen LogP contribution is -2.32. The molecule has 1 aromatic heterocycles. The molecule has 0 fully saturated rings. The van der Waals surface area contributed by atoms with E-state index in [4.69, 9.17) is 11.6 Å². The number of hydrogen-bond acceptors (Lipinski definition) is 8. The zero-order chi connectivity index (χ0) is 25.1. The molecule has 8 nitrogen and oxygen atoms in total. The van der Waals surface area contributed by atoms with Crippen molar-refractivity contribution >= 4 is 57.4 Å². The van der Waals surface area contributed by atoms with E-state index in [2.05, 4.69) is 10.2 Å². The van der Waals surface area contributed by atoms with Crippen molar-refractivity contribution in [3.05, 3.63) is 74.6 Å². The maximum Gasteiger partial charge on any atom is 0.261 e. The number of carbonyl (C=O) groups excluding carboxylic acids is 3. The number of aldehydes is 1. The van der Waals surface area contributed by atoms with E-state index >= 15 is 0 Å². The molecule has 0 spiro atoms. The third kappa shape index (κ3) is 4.71. The van der Waals surface area contributed by atoms with E-state index in [1.165, 1.54) is 4.90 Å². The Balaban J connectivity index is 1.39. The van der Waals surface area contributed by atoms with Gasteiger partial charge in [-0.25, -0.2) is 0 Å². The molecule has 0 N–H and O–H groups in total. The molecule has 0 atom stereocenters. The quantitative estimate of drug-likeness (QED) is 0.214. The van der Waals surface area contributed by atoms with Crippen molar-refractivity contribution in [1.29, 1.82) is 5.26 Å². The van der Waals surface area contributed by atoms with E-state index in [-0.39, 0.29) is 32.3 Å². The first-order valence-corrected chi connectivity index (χ1v) is 11.9. The zero-order valence-electron chi connectivity index (χ0n) is 19.0. The van der Waals surface area contributed by atoms with Crippen LogP contribution in [0.3, 0.4) is 0 Å². The lowest BCUT2D eigenvalue weighted by Gasteiger charge is -2.21. The van der Waals surface area contributed by atoms with Crippen LogP contribution >= 0.6 is 22.9 Å². The second-order valence-corrected chi connectivity index (χ2v) is 9.35. The van der Waals surface area contributed by atoms with E-state index in [9.17, 15) is 19.6 Å². The molecule has 176 valence electrons. The summed E-state index contributed by atoms with van der Waals surface area (Å²) < 4.78 is 0. The summed E-state index contributed by atoms with van der Waals surface area (Å²) in [5.41, 5.74) is 3.49. The Kier molecular flexibility index (Phi) is 7.05. The molecular formula is C25H20ClN5O3S. The Hall–Kier alpha value is -3.87. The van der Waals surface area contributed by atoms with Gasteiger partial charge in [0.15, 0.2) is 11.3 Å². The van der Waals surface area contributed by atoms with Gasteiger partial charge in [0.2, 0.25) is 0 Å². The SMILES string of the molecule is Cc1cc(N(C)CCCN2C(=O)c3ccccc3C2=O)ccc1/N=N/c1sc(C=O)c(Cl)c1C#N. The normalized spacial score (nSPS) is 12.8. The fourth-order valence-electron chi connectivity index (χ4n) is 3.79. The minimum atomic E-state index is -0.245. The largest absolute Gasteiger partial charge is 0.375 e. The smallest absolute Gasteiger partial charge is 0.261 e. The number of nitriles is 1. The number of hydrogen-bond donors (Lipinski definition) is 0. The molecule has 1 aliphatic heterocycles. The van der Waals surface area contributed by atoms with Crippen LogP contribution in [0, 0.1) is 18.3 Å². The summed E-state index contributed by atoms with van der Waals surface area (Å²) in [5.74, 6) is -0.490. The number of carbonyl (C=O) groups is 3. The van der Waals surface area contributed by atoms with E-state index < -0.39 is 0 Å². The van der Waals surface area contributed by atoms with Crippen LogP contribution in [0.4, 0.5) is 16.4 Å². The molecule has 2 heterocycles. The Morgan fingerprint density at radius 3 is 2.43 bits per heavy atom. The number of azo groups is 1. The molecule has 0 saturated carbocycles. The van der Waals surface area contributed by atoms with E-state index in [0.717, 1.165) is 22.6 Å². The Bertz CT molecular complexity index is 1370. The van der Waals surface area contributed by atoms with Gasteiger partial charge in [-0.05, 0) is 49.2 Å². The van der Waals surface area contributed by atoms with Gasteiger partial charge in [-0.1, -0.05) is 23.7 Å². The number of amides is 2. The molecule has 2 amide bonds. The number of benzene rings is 2. The molecule has 4 rings (SSSR count). The van der Waals surface area contributed by atoms with Crippen LogP contribution in [-0.2, 0) is 0 Å². The molecule has 0 bridgehead atoms. The average Bonchev–Trinajstić information content (AvgIpc) is 3.31. The highest BCUT2D eigenvalue weighted by atomic mass is 35.5. The lowest BCUT2D eigenvalue weighted by molar-refractivity contribution is 0.0653. The van der Waals surface area contributed by atoms with Gasteiger partial charge < -0.3 is 4.90 Å². The van der Waals surface area contributed by atoms with Gasteiger partial charge in [-0.15, -0.1) is 21.6 Å². The summed E-state index contributed by atoms with van der Waals surface area (Å²) in [6, 6.07) is 14.5. The zero-order valence-corrected chi connectivity index (χ0v) is 20.6. The van der Waals surface area contributed by atoms with Gasteiger partial charge in [0, 0.05) is 25.8 Å². The highest BCUT2D eigenvalue weighted by Gasteiger charge is 2.34. The average molecular weight is 506 g/mol. The Labute approximate surface area is 211 Å². The highest BCUT2D eigenvalue weighted by Crippen LogP contribution is 2.38. The molecule has 0 radical (unpaired) electrons. The lowest BCUT2D eigenvalue weighted by atomic mass is 10.1. The maximum absolute atomic E-state index is 12.5. The summed E-state index contributed by atoms with van der Waals surface area (Å²) in [7, 11) is 1.94. The summed E-state index contributed by atoms with van der Waals surface area (Å²) >= 11 is 7.05. The summed E-state index contributed by atoms with van der Waals surface area (Å²) in [5, 5.41) is 18.0. The molecule has 3 aromatic rings. The van der Waals surface area contributed by atoms with Crippen molar-refractivity contribution < 1.29 is 14.4 Å². The number of thiophene rings is 1. The second-order valence-electron chi connectivity index (χ2n) is 7.94. The van der Waals surface area contributed by atoms with E-state index in [0.29, 0.717) is 42.6 Å². The number of nitrogens with zero attached hydrogens (tertiary/aromatic N) is 5. The first-order valence-electron chi connectivity index (χ1n) is 10.7. The van der Waals surface area contributed by atoms with Crippen LogP contribution in [0.25, 0.3) is 0 Å². The number of imide groups is 1. The third-order valence-corrected chi connectivity index (χ3v) is 7.20. The molecule has 2 aromatic carbocycles. The van der Waals surface area contributed by atoms with Crippen molar-refractivity contribution in [1.82, 2.24) is 4.90 Å². The number of rotatable bonds is 8. The maximum atomic E-state index is 12.5. The molecule has 35 heavy (non-hydrogen) atoms. The molecule has 10 heteroatoms. The predicted octanol–water partition coefficient (Wildman–Crippen LogP) is 5.93. The van der Waals surface area contributed by atoms with Crippen LogP contribution in [0.1, 0.15) is 47.9 Å². The predicted molar refractivity (Wildman–Crippen MR) is 134 cm³/mol. The fourth-order valence-corrected chi connectivity index (χ4v) is 4.91. The topological polar surface area (TPSA) is 106 Å². The van der Waals surface area contributed by atoms with Gasteiger partial charge in [-0.2, -0.15) is 5.26 Å². The van der Waals surface area contributed by atoms with E-state index in [1.807, 2.05) is 43.1 Å². The Morgan fingerprint density at radius 1 is 1.14 bits per heavy atom. The monoisotopic (exact) mass is 505 g/mol. The van der Waals surface area contributed by atoms with Crippen molar-refractivity contribution in [3.8, 4) is 6.07 Å². The Morgan fingerprint density at radius 2 is 1.83 bits per heavy atom.